The van der Waals surface area contributed by atoms with Gasteiger partial charge in [0.2, 0.25) is 11.8 Å². The number of hydrogen-bond acceptors (Lipinski definition) is 2. The van der Waals surface area contributed by atoms with Crippen molar-refractivity contribution in [1.82, 2.24) is 0 Å². The number of benzene rings is 2. The molecule has 144 valence electrons. The Bertz CT molecular complexity index is 853. The van der Waals surface area contributed by atoms with Crippen molar-refractivity contribution >= 4 is 34.8 Å². The number of rotatable bonds is 5. The third-order valence-electron chi connectivity index (χ3n) is 3.92. The largest absolute Gasteiger partial charge is 0.416 e. The Labute approximate surface area is 159 Å². The van der Waals surface area contributed by atoms with Crippen LogP contribution in [0.25, 0.3) is 0 Å². The van der Waals surface area contributed by atoms with Gasteiger partial charge in [-0.1, -0.05) is 36.7 Å². The molecule has 2 aromatic rings. The van der Waals surface area contributed by atoms with E-state index in [2.05, 4.69) is 5.32 Å². The van der Waals surface area contributed by atoms with Gasteiger partial charge in [-0.3, -0.25) is 9.59 Å². The second-order valence-corrected chi connectivity index (χ2v) is 6.24. The lowest BCUT2D eigenvalue weighted by Crippen LogP contribution is -2.37. The first-order valence-electron chi connectivity index (χ1n) is 8.16. The monoisotopic (exact) mass is 398 g/mol. The first kappa shape index (κ1) is 20.8. The van der Waals surface area contributed by atoms with Gasteiger partial charge in [-0.05, 0) is 36.2 Å². The number of para-hydroxylation sites is 1. The average Bonchev–Trinajstić information content (AvgIpc) is 2.59. The lowest BCUT2D eigenvalue weighted by atomic mass is 10.1. The molecule has 1 N–H and O–H groups in total. The summed E-state index contributed by atoms with van der Waals surface area (Å²) in [7, 11) is 0. The van der Waals surface area contributed by atoms with Crippen molar-refractivity contribution in [1.29, 1.82) is 0 Å². The Balaban J connectivity index is 2.28. The third-order valence-corrected chi connectivity index (χ3v) is 4.24. The van der Waals surface area contributed by atoms with Crippen LogP contribution in [0.15, 0.2) is 42.5 Å². The Kier molecular flexibility index (Phi) is 6.49. The van der Waals surface area contributed by atoms with Gasteiger partial charge < -0.3 is 10.2 Å². The molecule has 2 amide bonds. The molecular weight excluding hydrogens is 381 g/mol. The molecule has 0 aliphatic carbocycles. The van der Waals surface area contributed by atoms with E-state index >= 15 is 0 Å². The van der Waals surface area contributed by atoms with Gasteiger partial charge in [-0.15, -0.1) is 0 Å². The van der Waals surface area contributed by atoms with Gasteiger partial charge in [0.15, 0.2) is 0 Å². The van der Waals surface area contributed by atoms with E-state index in [0.29, 0.717) is 12.1 Å². The van der Waals surface area contributed by atoms with E-state index < -0.39 is 30.1 Å². The van der Waals surface area contributed by atoms with Crippen LogP contribution in [0.3, 0.4) is 0 Å². The number of nitrogens with one attached hydrogen (secondary N) is 1. The summed E-state index contributed by atoms with van der Waals surface area (Å²) in [4.78, 5) is 25.3. The van der Waals surface area contributed by atoms with Crippen LogP contribution in [-0.2, 0) is 22.2 Å². The number of carbonyl (C=O) groups is 2. The molecule has 0 unspecified atom stereocenters. The molecule has 2 rings (SSSR count). The quantitative estimate of drug-likeness (QED) is 0.777. The summed E-state index contributed by atoms with van der Waals surface area (Å²) in [5.41, 5.74) is 0.365. The fourth-order valence-corrected chi connectivity index (χ4v) is 2.77. The number of amides is 2. The minimum atomic E-state index is -4.59. The van der Waals surface area contributed by atoms with Crippen LogP contribution >= 0.6 is 11.6 Å². The number of anilines is 2. The molecule has 0 radical (unpaired) electrons. The first-order chi connectivity index (χ1) is 12.6. The highest BCUT2D eigenvalue weighted by molar-refractivity contribution is 6.34. The summed E-state index contributed by atoms with van der Waals surface area (Å²) in [6, 6.07) is 9.78. The minimum Gasteiger partial charge on any atom is -0.324 e. The summed E-state index contributed by atoms with van der Waals surface area (Å²) >= 11 is 5.98. The van der Waals surface area contributed by atoms with Gasteiger partial charge in [0, 0.05) is 12.6 Å². The molecule has 0 heterocycles. The molecule has 0 aromatic heterocycles. The predicted octanol–water partition coefficient (Wildman–Crippen LogP) is 4.91. The van der Waals surface area contributed by atoms with E-state index in [1.807, 2.05) is 19.1 Å². The maximum Gasteiger partial charge on any atom is 0.416 e. The summed E-state index contributed by atoms with van der Waals surface area (Å²) < 4.78 is 38.9. The number of hydrogen-bond donors (Lipinski definition) is 1. The highest BCUT2D eigenvalue weighted by Crippen LogP contribution is 2.35. The van der Waals surface area contributed by atoms with Crippen LogP contribution in [0.4, 0.5) is 24.5 Å². The molecular formula is C19H18ClF3N2O2. The normalized spacial score (nSPS) is 11.2. The molecule has 0 saturated heterocycles. The number of alkyl halides is 3. The molecule has 0 saturated carbocycles. The zero-order valence-corrected chi connectivity index (χ0v) is 15.5. The van der Waals surface area contributed by atoms with Gasteiger partial charge in [0.1, 0.15) is 6.54 Å². The van der Waals surface area contributed by atoms with Crippen LogP contribution in [0.5, 0.6) is 0 Å². The topological polar surface area (TPSA) is 49.4 Å². The van der Waals surface area contributed by atoms with E-state index in [0.717, 1.165) is 35.6 Å². The highest BCUT2D eigenvalue weighted by Gasteiger charge is 2.32. The predicted molar refractivity (Wildman–Crippen MR) is 98.9 cm³/mol. The van der Waals surface area contributed by atoms with Crippen molar-refractivity contribution in [2.24, 2.45) is 0 Å². The van der Waals surface area contributed by atoms with Crippen LogP contribution < -0.4 is 10.2 Å². The second kappa shape index (κ2) is 8.43. The smallest absolute Gasteiger partial charge is 0.324 e. The second-order valence-electron chi connectivity index (χ2n) is 5.83. The summed E-state index contributed by atoms with van der Waals surface area (Å²) in [6.07, 6.45) is -3.91. The first-order valence-corrected chi connectivity index (χ1v) is 8.54. The van der Waals surface area contributed by atoms with Crippen LogP contribution in [0.1, 0.15) is 25.0 Å². The average molecular weight is 399 g/mol. The van der Waals surface area contributed by atoms with Crippen LogP contribution in [0, 0.1) is 0 Å². The number of aryl methyl sites for hydroxylation is 1. The summed E-state index contributed by atoms with van der Waals surface area (Å²) in [5.74, 6) is -1.14. The van der Waals surface area contributed by atoms with E-state index in [1.54, 1.807) is 12.1 Å². The van der Waals surface area contributed by atoms with Gasteiger partial charge in [-0.25, -0.2) is 0 Å². The molecule has 2 aromatic carbocycles. The van der Waals surface area contributed by atoms with Gasteiger partial charge in [0.25, 0.3) is 0 Å². The molecule has 4 nitrogen and oxygen atoms in total. The number of carbonyl (C=O) groups excluding carboxylic acids is 2. The van der Waals surface area contributed by atoms with Crippen molar-refractivity contribution in [3.8, 4) is 0 Å². The van der Waals surface area contributed by atoms with Crippen LogP contribution in [-0.4, -0.2) is 18.4 Å². The van der Waals surface area contributed by atoms with Crippen molar-refractivity contribution in [2.45, 2.75) is 26.4 Å². The Morgan fingerprint density at radius 1 is 1.15 bits per heavy atom. The molecule has 0 spiro atoms. The molecule has 0 fully saturated rings. The number of nitrogens with zero attached hydrogens (tertiary/aromatic N) is 1. The SMILES string of the molecule is CCc1ccccc1NC(=O)CN(C(C)=O)c1cc(C(F)(F)F)ccc1Cl. The van der Waals surface area contributed by atoms with Crippen LogP contribution in [0.2, 0.25) is 5.02 Å². The lowest BCUT2D eigenvalue weighted by Gasteiger charge is -2.23. The van der Waals surface area contributed by atoms with E-state index in [1.165, 1.54) is 0 Å². The zero-order valence-electron chi connectivity index (χ0n) is 14.7. The lowest BCUT2D eigenvalue weighted by molar-refractivity contribution is -0.137. The van der Waals surface area contributed by atoms with Gasteiger partial charge >= 0.3 is 6.18 Å². The molecule has 0 aliphatic rings. The minimum absolute atomic E-state index is 0.0556. The van der Waals surface area contributed by atoms with E-state index in [9.17, 15) is 22.8 Å². The Hall–Kier alpha value is -2.54. The summed E-state index contributed by atoms with van der Waals surface area (Å²) in [6.45, 7) is 2.62. The van der Waals surface area contributed by atoms with Gasteiger partial charge in [0.05, 0.1) is 16.3 Å². The fourth-order valence-electron chi connectivity index (χ4n) is 2.55. The maximum atomic E-state index is 13.0. The van der Waals surface area contributed by atoms with Gasteiger partial charge in [-0.2, -0.15) is 13.2 Å². The highest BCUT2D eigenvalue weighted by atomic mass is 35.5. The van der Waals surface area contributed by atoms with Crippen molar-refractivity contribution in [3.63, 3.8) is 0 Å². The molecule has 0 atom stereocenters. The van der Waals surface area contributed by atoms with E-state index in [4.69, 9.17) is 11.6 Å². The number of halogens is 4. The maximum absolute atomic E-state index is 13.0. The Morgan fingerprint density at radius 2 is 1.81 bits per heavy atom. The molecule has 8 heteroatoms. The molecule has 0 bridgehead atoms. The van der Waals surface area contributed by atoms with E-state index in [-0.39, 0.29) is 10.7 Å². The van der Waals surface area contributed by atoms with Crippen molar-refractivity contribution < 1.29 is 22.8 Å². The summed E-state index contributed by atoms with van der Waals surface area (Å²) in [5, 5.41) is 2.63. The zero-order chi connectivity index (χ0) is 20.2. The van der Waals surface area contributed by atoms with Crippen molar-refractivity contribution in [2.75, 3.05) is 16.8 Å². The van der Waals surface area contributed by atoms with Crippen molar-refractivity contribution in [3.05, 3.63) is 58.6 Å². The third kappa shape index (κ3) is 5.23. The standard InChI is InChI=1S/C19H18ClF3N2O2/c1-3-13-6-4-5-7-16(13)24-18(27)11-25(12(2)26)17-10-14(19(21,22)23)8-9-15(17)20/h4-10H,3,11H2,1-2H3,(H,24,27). The molecule has 27 heavy (non-hydrogen) atoms. The fraction of sp³-hybridized carbons (Fsp3) is 0.263. The Morgan fingerprint density at radius 3 is 2.41 bits per heavy atom. The molecule has 0 aliphatic heterocycles.